The molecule has 0 saturated carbocycles. The van der Waals surface area contributed by atoms with Gasteiger partial charge in [0.1, 0.15) is 16.9 Å². The van der Waals surface area contributed by atoms with Crippen molar-refractivity contribution >= 4 is 28.7 Å². The van der Waals surface area contributed by atoms with Crippen molar-refractivity contribution in [3.63, 3.8) is 0 Å². The van der Waals surface area contributed by atoms with Crippen molar-refractivity contribution in [2.45, 2.75) is 58.2 Å². The van der Waals surface area contributed by atoms with Crippen LogP contribution in [0.1, 0.15) is 40.0 Å². The standard InChI is InChI=1S/C17H22ClFN4O2/c1-17(2,3)25-16(24)22-7-5-4-6-11(22)10-23-15-9-13(19)12(18)8-14(15)20-21-23/h8-9,11H,4-7,10H2,1-3H3. The van der Waals surface area contributed by atoms with E-state index in [2.05, 4.69) is 10.3 Å². The molecule has 1 amide bonds. The maximum atomic E-state index is 13.8. The van der Waals surface area contributed by atoms with Crippen molar-refractivity contribution in [3.05, 3.63) is 23.0 Å². The molecule has 1 fully saturated rings. The number of likely N-dealkylation sites (tertiary alicyclic amines) is 1. The molecule has 136 valence electrons. The molecule has 1 aromatic carbocycles. The van der Waals surface area contributed by atoms with E-state index in [4.69, 9.17) is 16.3 Å². The molecule has 1 aliphatic heterocycles. The minimum absolute atomic E-state index is 0.0209. The Balaban J connectivity index is 1.82. The number of amides is 1. The minimum Gasteiger partial charge on any atom is -0.444 e. The number of hydrogen-bond acceptors (Lipinski definition) is 4. The lowest BCUT2D eigenvalue weighted by Crippen LogP contribution is -2.48. The van der Waals surface area contributed by atoms with Gasteiger partial charge in [-0.15, -0.1) is 5.10 Å². The summed E-state index contributed by atoms with van der Waals surface area (Å²) in [5.41, 5.74) is 0.557. The summed E-state index contributed by atoms with van der Waals surface area (Å²) >= 11 is 5.79. The Morgan fingerprint density at radius 2 is 2.16 bits per heavy atom. The van der Waals surface area contributed by atoms with Gasteiger partial charge in [0.25, 0.3) is 0 Å². The van der Waals surface area contributed by atoms with Gasteiger partial charge in [-0.25, -0.2) is 13.9 Å². The van der Waals surface area contributed by atoms with Gasteiger partial charge < -0.3 is 9.64 Å². The van der Waals surface area contributed by atoms with E-state index in [1.807, 2.05) is 20.8 Å². The lowest BCUT2D eigenvalue weighted by atomic mass is 10.0. The van der Waals surface area contributed by atoms with Gasteiger partial charge >= 0.3 is 6.09 Å². The first-order valence-electron chi connectivity index (χ1n) is 8.42. The maximum Gasteiger partial charge on any atom is 0.410 e. The SMILES string of the molecule is CC(C)(C)OC(=O)N1CCCCC1Cn1nnc2cc(Cl)c(F)cc21. The first-order chi connectivity index (χ1) is 11.7. The largest absolute Gasteiger partial charge is 0.444 e. The third-order valence-electron chi connectivity index (χ3n) is 4.19. The first-order valence-corrected chi connectivity index (χ1v) is 8.80. The van der Waals surface area contributed by atoms with Crippen LogP contribution in [-0.4, -0.2) is 44.2 Å². The Morgan fingerprint density at radius 3 is 2.88 bits per heavy atom. The molecular weight excluding hydrogens is 347 g/mol. The Morgan fingerprint density at radius 1 is 1.40 bits per heavy atom. The number of hydrogen-bond donors (Lipinski definition) is 0. The number of fused-ring (bicyclic) bond motifs is 1. The zero-order valence-corrected chi connectivity index (χ0v) is 15.4. The molecule has 6 nitrogen and oxygen atoms in total. The van der Waals surface area contributed by atoms with Gasteiger partial charge in [0.15, 0.2) is 0 Å². The minimum atomic E-state index is -0.543. The summed E-state index contributed by atoms with van der Waals surface area (Å²) in [6.07, 6.45) is 2.49. The Labute approximate surface area is 150 Å². The predicted octanol–water partition coefficient (Wildman–Crippen LogP) is 4.01. The van der Waals surface area contributed by atoms with Crippen molar-refractivity contribution in [1.82, 2.24) is 19.9 Å². The van der Waals surface area contributed by atoms with Crippen LogP contribution >= 0.6 is 11.6 Å². The highest BCUT2D eigenvalue weighted by molar-refractivity contribution is 6.31. The maximum absolute atomic E-state index is 13.8. The summed E-state index contributed by atoms with van der Waals surface area (Å²) in [6, 6.07) is 2.73. The summed E-state index contributed by atoms with van der Waals surface area (Å²) in [5.74, 6) is -0.509. The second-order valence-electron chi connectivity index (χ2n) is 7.35. The van der Waals surface area contributed by atoms with Crippen molar-refractivity contribution < 1.29 is 13.9 Å². The summed E-state index contributed by atoms with van der Waals surface area (Å²) in [5, 5.41) is 8.17. The fraction of sp³-hybridized carbons (Fsp3) is 0.588. The third kappa shape index (κ3) is 4.03. The van der Waals surface area contributed by atoms with Crippen molar-refractivity contribution in [1.29, 1.82) is 0 Å². The molecule has 0 aliphatic carbocycles. The second-order valence-corrected chi connectivity index (χ2v) is 7.76. The van der Waals surface area contributed by atoms with E-state index in [0.717, 1.165) is 19.3 Å². The lowest BCUT2D eigenvalue weighted by molar-refractivity contribution is 0.00748. The van der Waals surface area contributed by atoms with Gasteiger partial charge in [0.05, 0.1) is 23.1 Å². The first kappa shape index (κ1) is 17.9. The molecule has 0 N–H and O–H groups in total. The number of carbonyl (C=O) groups is 1. The topological polar surface area (TPSA) is 60.2 Å². The Hall–Kier alpha value is -1.89. The molecule has 2 heterocycles. The number of carbonyl (C=O) groups excluding carboxylic acids is 1. The number of benzene rings is 1. The highest BCUT2D eigenvalue weighted by Gasteiger charge is 2.31. The summed E-state index contributed by atoms with van der Waals surface area (Å²) in [4.78, 5) is 14.2. The van der Waals surface area contributed by atoms with Gasteiger partial charge in [-0.3, -0.25) is 0 Å². The van der Waals surface area contributed by atoms with E-state index in [9.17, 15) is 9.18 Å². The van der Waals surface area contributed by atoms with Crippen LogP contribution in [0.25, 0.3) is 11.0 Å². The van der Waals surface area contributed by atoms with Gasteiger partial charge in [-0.05, 0) is 46.1 Å². The Kier molecular flexibility index (Phi) is 4.86. The summed E-state index contributed by atoms with van der Waals surface area (Å²) in [7, 11) is 0. The summed E-state index contributed by atoms with van der Waals surface area (Å²) < 4.78 is 20.9. The monoisotopic (exact) mass is 368 g/mol. The second kappa shape index (κ2) is 6.78. The highest BCUT2D eigenvalue weighted by atomic mass is 35.5. The summed E-state index contributed by atoms with van der Waals surface area (Å²) in [6.45, 7) is 6.63. The number of piperidine rings is 1. The van der Waals surface area contributed by atoms with Gasteiger partial charge in [-0.1, -0.05) is 16.8 Å². The molecule has 1 saturated heterocycles. The molecule has 0 radical (unpaired) electrons. The van der Waals surface area contributed by atoms with Crippen LogP contribution in [0.15, 0.2) is 12.1 Å². The van der Waals surface area contributed by atoms with Crippen LogP contribution in [0, 0.1) is 5.82 Å². The Bertz CT molecular complexity index is 787. The molecule has 1 unspecified atom stereocenters. The van der Waals surface area contributed by atoms with Crippen molar-refractivity contribution in [3.8, 4) is 0 Å². The predicted molar refractivity (Wildman–Crippen MR) is 93.1 cm³/mol. The normalized spacial score (nSPS) is 18.6. The average Bonchev–Trinajstić information content (AvgIpc) is 2.89. The quantitative estimate of drug-likeness (QED) is 0.803. The number of ether oxygens (including phenoxy) is 1. The molecule has 1 atom stereocenters. The average molecular weight is 369 g/mol. The van der Waals surface area contributed by atoms with Crippen molar-refractivity contribution in [2.75, 3.05) is 6.54 Å². The molecule has 25 heavy (non-hydrogen) atoms. The number of halogens is 2. The van der Waals surface area contributed by atoms with Gasteiger partial charge in [-0.2, -0.15) is 0 Å². The van der Waals surface area contributed by atoms with Crippen LogP contribution < -0.4 is 0 Å². The molecule has 0 spiro atoms. The van der Waals surface area contributed by atoms with E-state index >= 15 is 0 Å². The number of nitrogens with zero attached hydrogens (tertiary/aromatic N) is 4. The van der Waals surface area contributed by atoms with Crippen LogP contribution in [0.3, 0.4) is 0 Å². The van der Waals surface area contributed by atoms with Crippen LogP contribution in [0.2, 0.25) is 5.02 Å². The van der Waals surface area contributed by atoms with Gasteiger partial charge in [0, 0.05) is 12.6 Å². The lowest BCUT2D eigenvalue weighted by Gasteiger charge is -2.36. The molecular formula is C17H22ClFN4O2. The highest BCUT2D eigenvalue weighted by Crippen LogP contribution is 2.25. The molecule has 1 aliphatic rings. The molecule has 8 heteroatoms. The number of rotatable bonds is 2. The van der Waals surface area contributed by atoms with Crippen LogP contribution in [-0.2, 0) is 11.3 Å². The molecule has 0 bridgehead atoms. The fourth-order valence-electron chi connectivity index (χ4n) is 3.05. The molecule has 2 aromatic rings. The van der Waals surface area contributed by atoms with E-state index in [0.29, 0.717) is 24.1 Å². The van der Waals surface area contributed by atoms with Crippen molar-refractivity contribution in [2.24, 2.45) is 0 Å². The number of aromatic nitrogens is 3. The van der Waals surface area contributed by atoms with Crippen LogP contribution in [0.5, 0.6) is 0 Å². The smallest absolute Gasteiger partial charge is 0.410 e. The van der Waals surface area contributed by atoms with Crippen LogP contribution in [0.4, 0.5) is 9.18 Å². The van der Waals surface area contributed by atoms with E-state index in [-0.39, 0.29) is 17.2 Å². The van der Waals surface area contributed by atoms with E-state index < -0.39 is 11.4 Å². The fourth-order valence-corrected chi connectivity index (χ4v) is 3.21. The molecule has 3 rings (SSSR count). The van der Waals surface area contributed by atoms with E-state index in [1.165, 1.54) is 12.1 Å². The zero-order chi connectivity index (χ0) is 18.2. The van der Waals surface area contributed by atoms with Gasteiger partial charge in [0.2, 0.25) is 0 Å². The van der Waals surface area contributed by atoms with E-state index in [1.54, 1.807) is 9.58 Å². The zero-order valence-electron chi connectivity index (χ0n) is 14.6. The molecule has 1 aromatic heterocycles. The third-order valence-corrected chi connectivity index (χ3v) is 4.48.